The van der Waals surface area contributed by atoms with E-state index in [4.69, 9.17) is 15.0 Å². The van der Waals surface area contributed by atoms with Gasteiger partial charge in [0.1, 0.15) is 11.8 Å². The molecule has 0 amide bonds. The first-order chi connectivity index (χ1) is 9.24. The Hall–Kier alpha value is -1.95. The highest BCUT2D eigenvalue weighted by molar-refractivity contribution is 5.50. The Kier molecular flexibility index (Phi) is 4.46. The van der Waals surface area contributed by atoms with E-state index in [0.717, 1.165) is 12.8 Å². The molecule has 0 aliphatic heterocycles. The third kappa shape index (κ3) is 3.29. The first kappa shape index (κ1) is 13.5. The molecule has 19 heavy (non-hydrogen) atoms. The Labute approximate surface area is 112 Å². The van der Waals surface area contributed by atoms with Crippen LogP contribution in [0.2, 0.25) is 0 Å². The Balaban J connectivity index is 2.19. The van der Waals surface area contributed by atoms with Crippen LogP contribution in [0.5, 0.6) is 0 Å². The Bertz CT molecular complexity index is 504. The van der Waals surface area contributed by atoms with Gasteiger partial charge < -0.3 is 15.0 Å². The molecule has 0 saturated carbocycles. The van der Waals surface area contributed by atoms with E-state index >= 15 is 0 Å². The number of nitrogen functional groups attached to an aromatic ring is 1. The van der Waals surface area contributed by atoms with E-state index in [-0.39, 0.29) is 6.10 Å². The van der Waals surface area contributed by atoms with Gasteiger partial charge in [-0.15, -0.1) is 0 Å². The fourth-order valence-electron chi connectivity index (χ4n) is 1.75. The molecule has 102 valence electrons. The maximum atomic E-state index is 5.61. The monoisotopic (exact) mass is 262 g/mol. The standard InChI is InChI=1S/C13H18N4O2/c1-3-5-11(18-4-2)12-16-13(19-17-12)10-7-6-9(14)8-15-10/h6-8,11H,3-5,14H2,1-2H3. The molecule has 0 spiro atoms. The molecule has 2 heterocycles. The number of nitrogens with zero attached hydrogens (tertiary/aromatic N) is 3. The van der Waals surface area contributed by atoms with Gasteiger partial charge in [0.15, 0.2) is 0 Å². The van der Waals surface area contributed by atoms with Gasteiger partial charge in [0.05, 0.1) is 11.9 Å². The van der Waals surface area contributed by atoms with E-state index in [2.05, 4.69) is 22.0 Å². The lowest BCUT2D eigenvalue weighted by Crippen LogP contribution is -2.06. The van der Waals surface area contributed by atoms with E-state index in [1.54, 1.807) is 18.3 Å². The van der Waals surface area contributed by atoms with Gasteiger partial charge >= 0.3 is 0 Å². The normalized spacial score (nSPS) is 12.5. The molecular weight excluding hydrogens is 244 g/mol. The minimum absolute atomic E-state index is 0.124. The van der Waals surface area contributed by atoms with Gasteiger partial charge in [-0.3, -0.25) is 0 Å². The smallest absolute Gasteiger partial charge is 0.276 e. The summed E-state index contributed by atoms with van der Waals surface area (Å²) in [5.74, 6) is 0.952. The van der Waals surface area contributed by atoms with Gasteiger partial charge in [-0.1, -0.05) is 18.5 Å². The maximum absolute atomic E-state index is 5.61. The largest absolute Gasteiger partial charge is 0.397 e. The van der Waals surface area contributed by atoms with Crippen LogP contribution in [0.25, 0.3) is 11.6 Å². The molecule has 2 aromatic heterocycles. The SMILES string of the molecule is CCCC(OCC)c1noc(-c2ccc(N)cn2)n1. The van der Waals surface area contributed by atoms with Crippen LogP contribution in [-0.2, 0) is 4.74 Å². The summed E-state index contributed by atoms with van der Waals surface area (Å²) in [5.41, 5.74) is 6.80. The molecular formula is C13H18N4O2. The summed E-state index contributed by atoms with van der Waals surface area (Å²) in [6.07, 6.45) is 3.29. The van der Waals surface area contributed by atoms with Crippen molar-refractivity contribution in [1.82, 2.24) is 15.1 Å². The van der Waals surface area contributed by atoms with Crippen LogP contribution in [0, 0.1) is 0 Å². The molecule has 0 aromatic carbocycles. The number of hydrogen-bond donors (Lipinski definition) is 1. The van der Waals surface area contributed by atoms with Crippen molar-refractivity contribution in [3.63, 3.8) is 0 Å². The van der Waals surface area contributed by atoms with Gasteiger partial charge in [-0.25, -0.2) is 4.98 Å². The van der Waals surface area contributed by atoms with Crippen molar-refractivity contribution in [3.8, 4) is 11.6 Å². The predicted octanol–water partition coefficient (Wildman–Crippen LogP) is 2.59. The van der Waals surface area contributed by atoms with Crippen LogP contribution in [0.1, 0.15) is 38.6 Å². The topological polar surface area (TPSA) is 87.1 Å². The van der Waals surface area contributed by atoms with Crippen molar-refractivity contribution in [2.75, 3.05) is 12.3 Å². The third-order valence-corrected chi connectivity index (χ3v) is 2.65. The number of ether oxygens (including phenoxy) is 1. The summed E-state index contributed by atoms with van der Waals surface area (Å²) in [4.78, 5) is 8.49. The van der Waals surface area contributed by atoms with Crippen molar-refractivity contribution in [3.05, 3.63) is 24.2 Å². The van der Waals surface area contributed by atoms with E-state index in [1.165, 1.54) is 0 Å². The zero-order valence-electron chi connectivity index (χ0n) is 11.2. The number of hydrogen-bond acceptors (Lipinski definition) is 6. The van der Waals surface area contributed by atoms with Crippen LogP contribution >= 0.6 is 0 Å². The van der Waals surface area contributed by atoms with Crippen molar-refractivity contribution in [2.45, 2.75) is 32.8 Å². The lowest BCUT2D eigenvalue weighted by atomic mass is 10.2. The fraction of sp³-hybridized carbons (Fsp3) is 0.462. The van der Waals surface area contributed by atoms with E-state index in [1.807, 2.05) is 6.92 Å². The number of aromatic nitrogens is 3. The summed E-state index contributed by atoms with van der Waals surface area (Å²) in [5, 5.41) is 3.97. The molecule has 0 saturated heterocycles. The van der Waals surface area contributed by atoms with Crippen molar-refractivity contribution in [1.29, 1.82) is 0 Å². The molecule has 2 N–H and O–H groups in total. The summed E-state index contributed by atoms with van der Waals surface area (Å²) in [7, 11) is 0. The minimum Gasteiger partial charge on any atom is -0.397 e. The fourth-order valence-corrected chi connectivity index (χ4v) is 1.75. The van der Waals surface area contributed by atoms with Crippen LogP contribution in [0.3, 0.4) is 0 Å². The van der Waals surface area contributed by atoms with Crippen LogP contribution < -0.4 is 5.73 Å². The molecule has 0 fully saturated rings. The van der Waals surface area contributed by atoms with E-state index < -0.39 is 0 Å². The summed E-state index contributed by atoms with van der Waals surface area (Å²) in [6, 6.07) is 3.50. The molecule has 1 atom stereocenters. The van der Waals surface area contributed by atoms with Gasteiger partial charge in [0, 0.05) is 6.61 Å². The second kappa shape index (κ2) is 6.29. The first-order valence-electron chi connectivity index (χ1n) is 6.41. The Morgan fingerprint density at radius 2 is 2.21 bits per heavy atom. The number of rotatable bonds is 6. The highest BCUT2D eigenvalue weighted by Gasteiger charge is 2.18. The summed E-state index contributed by atoms with van der Waals surface area (Å²) < 4.78 is 10.8. The predicted molar refractivity (Wildman–Crippen MR) is 71.2 cm³/mol. The van der Waals surface area contributed by atoms with Crippen molar-refractivity contribution < 1.29 is 9.26 Å². The molecule has 0 radical (unpaired) electrons. The average Bonchev–Trinajstić information content (AvgIpc) is 2.89. The Morgan fingerprint density at radius 1 is 1.37 bits per heavy atom. The highest BCUT2D eigenvalue weighted by Crippen LogP contribution is 2.23. The summed E-state index contributed by atoms with van der Waals surface area (Å²) in [6.45, 7) is 4.66. The maximum Gasteiger partial charge on any atom is 0.276 e. The van der Waals surface area contributed by atoms with Crippen LogP contribution in [0.4, 0.5) is 5.69 Å². The lowest BCUT2D eigenvalue weighted by molar-refractivity contribution is 0.0478. The van der Waals surface area contributed by atoms with Gasteiger partial charge in [-0.05, 0) is 25.5 Å². The summed E-state index contributed by atoms with van der Waals surface area (Å²) >= 11 is 0. The molecule has 6 nitrogen and oxygen atoms in total. The van der Waals surface area contributed by atoms with E-state index in [0.29, 0.717) is 29.7 Å². The second-order valence-electron chi connectivity index (χ2n) is 4.17. The zero-order valence-corrected chi connectivity index (χ0v) is 11.2. The highest BCUT2D eigenvalue weighted by atomic mass is 16.5. The molecule has 2 aromatic rings. The number of anilines is 1. The second-order valence-corrected chi connectivity index (χ2v) is 4.17. The van der Waals surface area contributed by atoms with E-state index in [9.17, 15) is 0 Å². The number of pyridine rings is 1. The molecule has 0 bridgehead atoms. The molecule has 0 aliphatic rings. The van der Waals surface area contributed by atoms with Gasteiger partial charge in [0.25, 0.3) is 5.89 Å². The van der Waals surface area contributed by atoms with Crippen LogP contribution in [0.15, 0.2) is 22.9 Å². The average molecular weight is 262 g/mol. The lowest BCUT2D eigenvalue weighted by Gasteiger charge is -2.10. The molecule has 1 unspecified atom stereocenters. The minimum atomic E-state index is -0.124. The quantitative estimate of drug-likeness (QED) is 0.861. The van der Waals surface area contributed by atoms with Gasteiger partial charge in [0.2, 0.25) is 5.82 Å². The molecule has 0 aliphatic carbocycles. The van der Waals surface area contributed by atoms with Crippen LogP contribution in [-0.4, -0.2) is 21.7 Å². The molecule has 6 heteroatoms. The zero-order chi connectivity index (χ0) is 13.7. The Morgan fingerprint density at radius 3 is 2.84 bits per heavy atom. The molecule has 2 rings (SSSR count). The van der Waals surface area contributed by atoms with Crippen molar-refractivity contribution >= 4 is 5.69 Å². The third-order valence-electron chi connectivity index (χ3n) is 2.65. The van der Waals surface area contributed by atoms with Crippen molar-refractivity contribution in [2.24, 2.45) is 0 Å². The first-order valence-corrected chi connectivity index (χ1v) is 6.41. The van der Waals surface area contributed by atoms with Gasteiger partial charge in [-0.2, -0.15) is 4.98 Å². The number of nitrogens with two attached hydrogens (primary N) is 1.